The van der Waals surface area contributed by atoms with E-state index in [0.717, 1.165) is 0 Å². The molecule has 0 aliphatic rings. The predicted molar refractivity (Wildman–Crippen MR) is 46.8 cm³/mol. The minimum atomic E-state index is 0. The first kappa shape index (κ1) is 90.0. The minimum absolute atomic E-state index is 0. The Morgan fingerprint density at radius 1 is 0.667 bits per heavy atom. The van der Waals surface area contributed by atoms with Gasteiger partial charge in [0.05, 0.1) is 0 Å². The van der Waals surface area contributed by atoms with Crippen LogP contribution in [0.3, 0.4) is 0 Å². The summed E-state index contributed by atoms with van der Waals surface area (Å²) in [7, 11) is 0. The van der Waals surface area contributed by atoms with Crippen molar-refractivity contribution in [2.75, 3.05) is 0 Å². The molecular formula is H14Mg2N2S2. The second kappa shape index (κ2) is 58.4. The maximum Gasteiger partial charge on any atom is 2.00 e. The third-order valence-corrected chi connectivity index (χ3v) is 0. The van der Waals surface area contributed by atoms with Crippen LogP contribution in [0.15, 0.2) is 0 Å². The van der Waals surface area contributed by atoms with Crippen LogP contribution in [-0.4, -0.2) is 46.1 Å². The van der Waals surface area contributed by atoms with E-state index in [0.29, 0.717) is 0 Å². The van der Waals surface area contributed by atoms with E-state index >= 15 is 0 Å². The summed E-state index contributed by atoms with van der Waals surface area (Å²) in [5, 5.41) is 0. The Balaban J connectivity index is 0. The second-order valence-corrected chi connectivity index (χ2v) is 0. The molecule has 0 fully saturated rings. The van der Waals surface area contributed by atoms with Gasteiger partial charge in [-0.3, -0.25) is 0 Å². The zero-order valence-electron chi connectivity index (χ0n) is 7.83. The molecule has 0 aliphatic heterocycles. The van der Waals surface area contributed by atoms with E-state index in [9.17, 15) is 0 Å². The van der Waals surface area contributed by atoms with Gasteiger partial charge in [0.1, 0.15) is 0 Å². The van der Waals surface area contributed by atoms with Crippen molar-refractivity contribution in [3.63, 3.8) is 0 Å². The smallest absolute Gasteiger partial charge is 1.00 e. The summed E-state index contributed by atoms with van der Waals surface area (Å²) >= 11 is 0. The van der Waals surface area contributed by atoms with E-state index in [1.54, 1.807) is 0 Å². The van der Waals surface area contributed by atoms with Crippen LogP contribution in [0.5, 0.6) is 0 Å². The van der Waals surface area contributed by atoms with E-state index in [2.05, 4.69) is 0 Å². The van der Waals surface area contributed by atoms with Crippen molar-refractivity contribution in [3.8, 4) is 0 Å². The molecular weight excluding hydrogens is 141 g/mol. The van der Waals surface area contributed by atoms with Gasteiger partial charge in [-0.2, -0.15) is 27.0 Å². The van der Waals surface area contributed by atoms with Crippen molar-refractivity contribution in [3.05, 3.63) is 0 Å². The molecule has 0 spiro atoms. The van der Waals surface area contributed by atoms with Crippen molar-refractivity contribution in [1.29, 1.82) is 0 Å². The summed E-state index contributed by atoms with van der Waals surface area (Å²) in [5.41, 5.74) is 0. The molecule has 6 heavy (non-hydrogen) atoms. The largest absolute Gasteiger partial charge is 2.00 e. The van der Waals surface area contributed by atoms with E-state index in [1.165, 1.54) is 0 Å². The van der Waals surface area contributed by atoms with Crippen LogP contribution < -0.4 is 12.3 Å². The molecule has 40 valence electrons. The molecule has 0 amide bonds. The molecule has 0 aromatic heterocycles. The van der Waals surface area contributed by atoms with Crippen LogP contribution >= 0.6 is 27.0 Å². The first-order chi connectivity index (χ1) is 0. The minimum Gasteiger partial charge on any atom is -1.00 e. The van der Waals surface area contributed by atoms with Gasteiger partial charge >= 0.3 is 46.1 Å². The molecule has 0 saturated heterocycles. The zero-order chi connectivity index (χ0) is 0. The number of hydrogen-bond donors (Lipinski definition) is 2. The van der Waals surface area contributed by atoms with Crippen LogP contribution in [0.4, 0.5) is 0 Å². The van der Waals surface area contributed by atoms with E-state index < -0.39 is 0 Å². The quantitative estimate of drug-likeness (QED) is 0.491. The predicted octanol–water partition coefficient (Wildman–Crippen LogP) is 0.238. The van der Waals surface area contributed by atoms with E-state index in [1.807, 2.05) is 0 Å². The molecule has 0 saturated carbocycles. The van der Waals surface area contributed by atoms with Crippen molar-refractivity contribution < 1.29 is 5.71 Å². The Kier molecular flexibility index (Phi) is 877. The van der Waals surface area contributed by atoms with Gasteiger partial charge in [-0.25, -0.2) is 0 Å². The van der Waals surface area contributed by atoms with Crippen molar-refractivity contribution >= 4 is 73.1 Å². The third-order valence-electron chi connectivity index (χ3n) is 0. The summed E-state index contributed by atoms with van der Waals surface area (Å²) in [4.78, 5) is 0. The van der Waals surface area contributed by atoms with Gasteiger partial charge in [0, 0.05) is 0 Å². The molecule has 6 N–H and O–H groups in total. The molecule has 0 aliphatic carbocycles. The van der Waals surface area contributed by atoms with Gasteiger partial charge in [-0.1, -0.05) is 0 Å². The molecule has 0 unspecified atom stereocenters. The fourth-order valence-corrected chi connectivity index (χ4v) is 0. The molecule has 0 rings (SSSR count). The van der Waals surface area contributed by atoms with Crippen molar-refractivity contribution in [2.24, 2.45) is 0 Å². The van der Waals surface area contributed by atoms with Crippen LogP contribution in [0.25, 0.3) is 0 Å². The van der Waals surface area contributed by atoms with Gasteiger partial charge in [0.2, 0.25) is 0 Å². The molecule has 0 atom stereocenters. The average Bonchev–Trinajstić information content (AvgIpc) is 0. The molecule has 0 heterocycles. The fourth-order valence-electron chi connectivity index (χ4n) is 0. The van der Waals surface area contributed by atoms with Gasteiger partial charge < -0.3 is 18.0 Å². The van der Waals surface area contributed by atoms with Crippen molar-refractivity contribution in [2.45, 2.75) is 0 Å². The average molecular weight is 155 g/mol. The van der Waals surface area contributed by atoms with E-state index in [-0.39, 0.29) is 91.1 Å². The van der Waals surface area contributed by atoms with Gasteiger partial charge in [-0.15, -0.1) is 0 Å². The molecule has 0 aromatic rings. The van der Waals surface area contributed by atoms with Crippen LogP contribution in [0.2, 0.25) is 0 Å². The molecule has 2 nitrogen and oxygen atoms in total. The molecule has 0 bridgehead atoms. The van der Waals surface area contributed by atoms with E-state index in [4.69, 9.17) is 0 Å². The maximum absolute atomic E-state index is 0. The summed E-state index contributed by atoms with van der Waals surface area (Å²) in [6, 6.07) is 0. The van der Waals surface area contributed by atoms with Crippen LogP contribution in [0.1, 0.15) is 5.71 Å². The summed E-state index contributed by atoms with van der Waals surface area (Å²) in [6.45, 7) is 0. The Morgan fingerprint density at radius 2 is 0.667 bits per heavy atom. The van der Waals surface area contributed by atoms with Gasteiger partial charge in [-0.05, 0) is 0 Å². The monoisotopic (exact) mass is 154 g/mol. The molecule has 0 aromatic carbocycles. The van der Waals surface area contributed by atoms with Gasteiger partial charge in [0.25, 0.3) is 0 Å². The second-order valence-electron chi connectivity index (χ2n) is 0. The normalized spacial score (nSPS) is 0. The summed E-state index contributed by atoms with van der Waals surface area (Å²) in [6.07, 6.45) is 0. The Hall–Kier alpha value is 2.15. The van der Waals surface area contributed by atoms with Crippen LogP contribution in [-0.2, 0) is 0 Å². The van der Waals surface area contributed by atoms with Crippen LogP contribution in [0, 0.1) is 0 Å². The first-order valence-electron chi connectivity index (χ1n) is 0. The number of hydrogen-bond acceptors (Lipinski definition) is 2. The molecule has 6 heteroatoms. The fraction of sp³-hybridized carbons (Fsp3) is 0. The van der Waals surface area contributed by atoms with Gasteiger partial charge in [0.15, 0.2) is 0 Å². The Morgan fingerprint density at radius 3 is 0.667 bits per heavy atom. The summed E-state index contributed by atoms with van der Waals surface area (Å²) in [5.74, 6) is 0. The maximum atomic E-state index is 0. The standard InChI is InChI=1S/2Mg.2H3N.2H2S.4H/h;;2*1H3;2*1H2;;;;/q2*+2;;;;;4*-1. The SMILES string of the molecule is N.N.S.S.[H-].[H-].[H-].[H-].[Mg+2].[Mg+2]. The molecule has 0 radical (unpaired) electrons. The first-order valence-corrected chi connectivity index (χ1v) is 0. The Bertz CT molecular complexity index is 19.2. The Labute approximate surface area is 90.5 Å². The topological polar surface area (TPSA) is 70.0 Å². The number of rotatable bonds is 0. The van der Waals surface area contributed by atoms with Crippen molar-refractivity contribution in [1.82, 2.24) is 12.3 Å². The third kappa shape index (κ3) is 35.3. The summed E-state index contributed by atoms with van der Waals surface area (Å²) < 4.78 is 0. The zero-order valence-corrected chi connectivity index (χ0v) is 8.66.